The zero-order valence-electron chi connectivity index (χ0n) is 11.1. The average Bonchev–Trinajstić information content (AvgIpc) is 2.63. The normalized spacial score (nSPS) is 11.3. The van der Waals surface area contributed by atoms with E-state index in [-0.39, 0.29) is 6.09 Å². The molecule has 7 heteroatoms. The Balaban J connectivity index is 2.84. The number of amides is 1. The van der Waals surface area contributed by atoms with Crippen LogP contribution in [0.2, 0.25) is 0 Å². The molecule has 0 bridgehead atoms. The fraction of sp³-hybridized carbons (Fsp3) is 0.727. The summed E-state index contributed by atoms with van der Waals surface area (Å²) >= 11 is 6.26. The zero-order valence-corrected chi connectivity index (χ0v) is 12.8. The van der Waals surface area contributed by atoms with Gasteiger partial charge in [-0.2, -0.15) is 0 Å². The van der Waals surface area contributed by atoms with Crippen molar-refractivity contribution in [3.63, 3.8) is 0 Å². The predicted octanol–water partition coefficient (Wildman–Crippen LogP) is 3.74. The molecule has 0 spiro atoms. The minimum Gasteiger partial charge on any atom is -0.443 e. The van der Waals surface area contributed by atoms with Gasteiger partial charge in [0.1, 0.15) is 5.60 Å². The lowest BCUT2D eigenvalue weighted by molar-refractivity contribution is 0.0579. The lowest BCUT2D eigenvalue weighted by Crippen LogP contribution is -2.37. The van der Waals surface area contributed by atoms with E-state index in [2.05, 4.69) is 17.1 Å². The van der Waals surface area contributed by atoms with Crippen molar-refractivity contribution in [2.75, 3.05) is 11.4 Å². The molecular formula is C11H19N3O2S2. The Morgan fingerprint density at radius 3 is 2.67 bits per heavy atom. The number of unbranched alkanes of at least 4 members (excludes halogenated alkanes) is 1. The van der Waals surface area contributed by atoms with Crippen molar-refractivity contribution in [2.24, 2.45) is 0 Å². The Bertz CT molecular complexity index is 448. The number of aromatic nitrogens is 2. The van der Waals surface area contributed by atoms with Gasteiger partial charge in [-0.1, -0.05) is 24.7 Å². The van der Waals surface area contributed by atoms with Gasteiger partial charge in [0.15, 0.2) is 3.95 Å². The number of rotatable bonds is 4. The Morgan fingerprint density at radius 2 is 2.22 bits per heavy atom. The summed E-state index contributed by atoms with van der Waals surface area (Å²) in [7, 11) is 0. The molecule has 0 radical (unpaired) electrons. The molecule has 5 nitrogen and oxygen atoms in total. The summed E-state index contributed by atoms with van der Waals surface area (Å²) < 4.78 is 5.92. The van der Waals surface area contributed by atoms with Crippen LogP contribution >= 0.6 is 23.6 Å². The van der Waals surface area contributed by atoms with Crippen molar-refractivity contribution >= 4 is 34.8 Å². The van der Waals surface area contributed by atoms with Gasteiger partial charge in [0.2, 0.25) is 5.13 Å². The highest BCUT2D eigenvalue weighted by Gasteiger charge is 2.24. The van der Waals surface area contributed by atoms with Crippen LogP contribution in [0, 0.1) is 3.95 Å². The lowest BCUT2D eigenvalue weighted by atomic mass is 10.2. The molecule has 18 heavy (non-hydrogen) atoms. The highest BCUT2D eigenvalue weighted by molar-refractivity contribution is 7.73. The van der Waals surface area contributed by atoms with E-state index in [4.69, 9.17) is 17.0 Å². The number of ether oxygens (including phenoxy) is 1. The highest BCUT2D eigenvalue weighted by atomic mass is 32.1. The van der Waals surface area contributed by atoms with Crippen LogP contribution in [0.5, 0.6) is 0 Å². The van der Waals surface area contributed by atoms with Crippen LogP contribution in [-0.4, -0.2) is 28.4 Å². The van der Waals surface area contributed by atoms with Crippen LogP contribution in [0.4, 0.5) is 9.93 Å². The van der Waals surface area contributed by atoms with Crippen LogP contribution in [0.25, 0.3) is 0 Å². The van der Waals surface area contributed by atoms with Crippen LogP contribution in [-0.2, 0) is 4.74 Å². The maximum atomic E-state index is 12.1. The molecule has 0 unspecified atom stereocenters. The van der Waals surface area contributed by atoms with Gasteiger partial charge in [0, 0.05) is 6.54 Å². The second-order valence-corrected chi connectivity index (χ2v) is 6.53. The molecule has 1 aromatic heterocycles. The summed E-state index contributed by atoms with van der Waals surface area (Å²) in [4.78, 5) is 13.6. The van der Waals surface area contributed by atoms with E-state index < -0.39 is 5.60 Å². The molecule has 0 aromatic carbocycles. The molecule has 1 amide bonds. The smallest absolute Gasteiger partial charge is 0.416 e. The van der Waals surface area contributed by atoms with Crippen molar-refractivity contribution < 1.29 is 9.53 Å². The van der Waals surface area contributed by atoms with Gasteiger partial charge in [-0.25, -0.2) is 4.79 Å². The van der Waals surface area contributed by atoms with Crippen molar-refractivity contribution in [2.45, 2.75) is 46.1 Å². The second-order valence-electron chi connectivity index (χ2n) is 4.88. The van der Waals surface area contributed by atoms with Gasteiger partial charge in [-0.15, -0.1) is 5.10 Å². The topological polar surface area (TPSA) is 58.2 Å². The Hall–Kier alpha value is -0.950. The van der Waals surface area contributed by atoms with Crippen molar-refractivity contribution in [1.82, 2.24) is 10.2 Å². The number of hydrogen-bond donors (Lipinski definition) is 1. The van der Waals surface area contributed by atoms with Crippen LogP contribution in [0.3, 0.4) is 0 Å². The summed E-state index contributed by atoms with van der Waals surface area (Å²) in [6.45, 7) is 8.18. The van der Waals surface area contributed by atoms with E-state index in [0.29, 0.717) is 15.6 Å². The largest absolute Gasteiger partial charge is 0.443 e. The molecule has 0 atom stereocenters. The van der Waals surface area contributed by atoms with Crippen molar-refractivity contribution in [1.29, 1.82) is 0 Å². The lowest BCUT2D eigenvalue weighted by Gasteiger charge is -2.25. The number of anilines is 1. The van der Waals surface area contributed by atoms with Gasteiger partial charge in [0.25, 0.3) is 0 Å². The standard InChI is InChI=1S/C11H19N3O2S2/c1-5-6-7-14(8-12-13-9(17)18-8)10(15)16-11(2,3)4/h5-7H2,1-4H3,(H,13,17). The van der Waals surface area contributed by atoms with E-state index in [1.54, 1.807) is 0 Å². The first kappa shape index (κ1) is 15.1. The number of H-pyrrole nitrogens is 1. The number of carbonyl (C=O) groups excluding carboxylic acids is 1. The van der Waals surface area contributed by atoms with Crippen LogP contribution < -0.4 is 4.90 Å². The molecule has 1 aromatic rings. The number of nitrogens with one attached hydrogen (secondary N) is 1. The highest BCUT2D eigenvalue weighted by Crippen LogP contribution is 2.21. The Morgan fingerprint density at radius 1 is 1.56 bits per heavy atom. The molecule has 0 aliphatic rings. The van der Waals surface area contributed by atoms with E-state index >= 15 is 0 Å². The average molecular weight is 289 g/mol. The van der Waals surface area contributed by atoms with E-state index in [9.17, 15) is 4.79 Å². The fourth-order valence-corrected chi connectivity index (χ4v) is 2.13. The first-order chi connectivity index (χ1) is 8.33. The van der Waals surface area contributed by atoms with Crippen molar-refractivity contribution in [3.05, 3.63) is 3.95 Å². The molecule has 1 N–H and O–H groups in total. The fourth-order valence-electron chi connectivity index (χ4n) is 1.24. The third-order valence-corrected chi connectivity index (χ3v) is 3.12. The number of aromatic amines is 1. The third kappa shape index (κ3) is 4.73. The van der Waals surface area contributed by atoms with Gasteiger partial charge < -0.3 is 4.74 Å². The molecule has 1 rings (SSSR count). The maximum Gasteiger partial charge on any atom is 0.416 e. The maximum absolute atomic E-state index is 12.1. The van der Waals surface area contributed by atoms with Gasteiger partial charge in [-0.3, -0.25) is 10.00 Å². The molecular weight excluding hydrogens is 270 g/mol. The SMILES string of the molecule is CCCCN(C(=O)OC(C)(C)C)c1n[nH]c(=S)s1. The minimum atomic E-state index is -0.515. The second kappa shape index (κ2) is 6.29. The zero-order chi connectivity index (χ0) is 13.8. The summed E-state index contributed by atoms with van der Waals surface area (Å²) in [6, 6.07) is 0. The first-order valence-corrected chi connectivity index (χ1v) is 7.12. The molecule has 0 saturated carbocycles. The van der Waals surface area contributed by atoms with Crippen molar-refractivity contribution in [3.8, 4) is 0 Å². The van der Waals surface area contributed by atoms with Gasteiger partial charge in [-0.05, 0) is 39.4 Å². The molecule has 0 saturated heterocycles. The summed E-state index contributed by atoms with van der Waals surface area (Å²) in [6.07, 6.45) is 1.51. The number of carbonyl (C=O) groups is 1. The summed E-state index contributed by atoms with van der Waals surface area (Å²) in [5.74, 6) is 0. The van der Waals surface area contributed by atoms with Crippen LogP contribution in [0.1, 0.15) is 40.5 Å². The molecule has 0 aliphatic heterocycles. The van der Waals surface area contributed by atoms with E-state index in [0.717, 1.165) is 12.8 Å². The summed E-state index contributed by atoms with van der Waals surface area (Å²) in [5.41, 5.74) is -0.515. The Labute approximate surface area is 116 Å². The molecule has 102 valence electrons. The minimum absolute atomic E-state index is 0.381. The monoisotopic (exact) mass is 289 g/mol. The molecule has 0 aliphatic carbocycles. The molecule has 1 heterocycles. The van der Waals surface area contributed by atoms with Crippen LogP contribution in [0.15, 0.2) is 0 Å². The van der Waals surface area contributed by atoms with Gasteiger partial charge >= 0.3 is 6.09 Å². The Kier molecular flexibility index (Phi) is 5.28. The molecule has 0 fully saturated rings. The summed E-state index contributed by atoms with van der Waals surface area (Å²) in [5, 5.41) is 7.27. The predicted molar refractivity (Wildman–Crippen MR) is 75.8 cm³/mol. The van der Waals surface area contributed by atoms with Gasteiger partial charge in [0.05, 0.1) is 0 Å². The third-order valence-electron chi connectivity index (χ3n) is 2.01. The van der Waals surface area contributed by atoms with E-state index in [1.165, 1.54) is 16.2 Å². The quantitative estimate of drug-likeness (QED) is 0.858. The number of nitrogens with zero attached hydrogens (tertiary/aromatic N) is 2. The number of hydrogen-bond acceptors (Lipinski definition) is 5. The van der Waals surface area contributed by atoms with E-state index in [1.807, 2.05) is 20.8 Å². The first-order valence-electron chi connectivity index (χ1n) is 5.89.